The molecule has 0 saturated heterocycles. The molecule has 1 aromatic carbocycles. The van der Waals surface area contributed by atoms with E-state index in [2.05, 4.69) is 10.6 Å². The molecule has 2 atom stereocenters. The summed E-state index contributed by atoms with van der Waals surface area (Å²) in [6.07, 6.45) is -0.599. The average molecular weight is 329 g/mol. The van der Waals surface area contributed by atoms with Crippen LogP contribution in [0.15, 0.2) is 30.3 Å². The van der Waals surface area contributed by atoms with Crippen LogP contribution in [0, 0.1) is 0 Å². The maximum Gasteiger partial charge on any atom is 0.502 e. The molecular formula is C14H22N2O5P+. The molecule has 1 unspecified atom stereocenters. The van der Waals surface area contributed by atoms with Gasteiger partial charge < -0.3 is 15.4 Å². The molecule has 0 bridgehead atoms. The second kappa shape index (κ2) is 11.7. The van der Waals surface area contributed by atoms with Gasteiger partial charge in [0.25, 0.3) is 0 Å². The molecule has 0 fully saturated rings. The van der Waals surface area contributed by atoms with Gasteiger partial charge in [0.2, 0.25) is 5.91 Å². The Morgan fingerprint density at radius 1 is 1.32 bits per heavy atom. The molecule has 0 spiro atoms. The van der Waals surface area contributed by atoms with Crippen molar-refractivity contribution in [3.8, 4) is 0 Å². The third kappa shape index (κ3) is 10.8. The van der Waals surface area contributed by atoms with Gasteiger partial charge in [0.05, 0.1) is 0 Å². The molecule has 7 nitrogen and oxygen atoms in total. The van der Waals surface area contributed by atoms with E-state index >= 15 is 0 Å². The first-order valence-electron chi connectivity index (χ1n) is 6.71. The summed E-state index contributed by atoms with van der Waals surface area (Å²) in [6.45, 7) is 5.38. The van der Waals surface area contributed by atoms with Gasteiger partial charge in [-0.3, -0.25) is 4.79 Å². The van der Waals surface area contributed by atoms with Crippen LogP contribution in [-0.4, -0.2) is 36.1 Å². The van der Waals surface area contributed by atoms with Crippen molar-refractivity contribution in [2.75, 3.05) is 13.2 Å². The van der Waals surface area contributed by atoms with Crippen molar-refractivity contribution in [3.05, 3.63) is 35.9 Å². The number of alkyl carbamates (subject to hydrolysis) is 1. The summed E-state index contributed by atoms with van der Waals surface area (Å²) < 4.78 is 14.1. The fraction of sp³-hybridized carbons (Fsp3) is 0.429. The number of hydrogen-bond acceptors (Lipinski definition) is 4. The molecule has 0 heterocycles. The minimum absolute atomic E-state index is 0.189. The predicted molar refractivity (Wildman–Crippen MR) is 83.7 cm³/mol. The number of ether oxygens (including phenoxy) is 1. The fourth-order valence-corrected chi connectivity index (χ4v) is 1.33. The van der Waals surface area contributed by atoms with Crippen LogP contribution in [0.3, 0.4) is 0 Å². The molecule has 0 saturated carbocycles. The van der Waals surface area contributed by atoms with Crippen molar-refractivity contribution in [2.24, 2.45) is 0 Å². The standard InChI is InChI=1S/C13H18N2O3.CH3O2P/c1-3-14-12(16)10(2)15-13(17)18-9-11-7-5-4-6-8-11;1-4(2)3/h4-8,10H,3,9H2,1-2H3,(H,14,16)(H,15,17);1H3/p+1/t10-;/m0./s1. The van der Waals surface area contributed by atoms with Gasteiger partial charge in [-0.05, 0) is 24.0 Å². The van der Waals surface area contributed by atoms with Crippen LogP contribution in [-0.2, 0) is 20.7 Å². The first-order valence-corrected chi connectivity index (χ1v) is 8.37. The van der Waals surface area contributed by atoms with E-state index in [0.29, 0.717) is 6.54 Å². The minimum Gasteiger partial charge on any atom is -0.445 e. The summed E-state index contributed by atoms with van der Waals surface area (Å²) in [6, 6.07) is 8.75. The Morgan fingerprint density at radius 2 is 1.86 bits per heavy atom. The van der Waals surface area contributed by atoms with E-state index in [1.165, 1.54) is 6.66 Å². The van der Waals surface area contributed by atoms with Gasteiger partial charge >= 0.3 is 14.1 Å². The Balaban J connectivity index is 0.000000980. The van der Waals surface area contributed by atoms with Gasteiger partial charge in [-0.2, -0.15) is 4.89 Å². The number of hydrogen-bond donors (Lipinski definition) is 3. The number of likely N-dealkylation sites (N-methyl/N-ethyl adjacent to an activating group) is 1. The topological polar surface area (TPSA) is 105 Å². The molecule has 22 heavy (non-hydrogen) atoms. The van der Waals surface area contributed by atoms with E-state index in [0.717, 1.165) is 5.56 Å². The van der Waals surface area contributed by atoms with E-state index in [1.807, 2.05) is 37.3 Å². The second-order valence-electron chi connectivity index (χ2n) is 4.29. The minimum atomic E-state index is -1.87. The van der Waals surface area contributed by atoms with Crippen molar-refractivity contribution in [3.63, 3.8) is 0 Å². The molecule has 1 aromatic rings. The molecule has 3 N–H and O–H groups in total. The molecule has 0 aliphatic heterocycles. The molecule has 8 heteroatoms. The summed E-state index contributed by atoms with van der Waals surface area (Å²) in [5, 5.41) is 5.08. The smallest absolute Gasteiger partial charge is 0.445 e. The predicted octanol–water partition coefficient (Wildman–Crippen LogP) is 1.79. The summed E-state index contributed by atoms with van der Waals surface area (Å²) in [7, 11) is -1.87. The molecule has 0 radical (unpaired) electrons. The highest BCUT2D eigenvalue weighted by molar-refractivity contribution is 7.36. The first-order chi connectivity index (χ1) is 10.4. The van der Waals surface area contributed by atoms with Crippen LogP contribution < -0.4 is 10.6 Å². The average Bonchev–Trinajstić information content (AvgIpc) is 2.46. The summed E-state index contributed by atoms with van der Waals surface area (Å²) >= 11 is 0. The van der Waals surface area contributed by atoms with Gasteiger partial charge in [0.1, 0.15) is 12.6 Å². The van der Waals surface area contributed by atoms with Crippen LogP contribution in [0.1, 0.15) is 19.4 Å². The van der Waals surface area contributed by atoms with Crippen molar-refractivity contribution in [2.45, 2.75) is 26.5 Å². The van der Waals surface area contributed by atoms with Crippen LogP contribution in [0.4, 0.5) is 4.79 Å². The molecular weight excluding hydrogens is 307 g/mol. The lowest BCUT2D eigenvalue weighted by Gasteiger charge is -2.13. The number of amides is 2. The molecule has 1 rings (SSSR count). The highest BCUT2D eigenvalue weighted by Gasteiger charge is 2.15. The van der Waals surface area contributed by atoms with Gasteiger partial charge in [0.15, 0.2) is 6.66 Å². The van der Waals surface area contributed by atoms with Gasteiger partial charge in [-0.25, -0.2) is 4.79 Å². The molecule has 0 aliphatic carbocycles. The highest BCUT2D eigenvalue weighted by atomic mass is 31.1. The van der Waals surface area contributed by atoms with E-state index in [1.54, 1.807) is 6.92 Å². The fourth-order valence-electron chi connectivity index (χ4n) is 1.33. The van der Waals surface area contributed by atoms with Crippen molar-refractivity contribution >= 4 is 20.0 Å². The lowest BCUT2D eigenvalue weighted by atomic mass is 10.2. The normalized spacial score (nSPS) is 11.4. The Morgan fingerprint density at radius 3 is 2.36 bits per heavy atom. The summed E-state index contributed by atoms with van der Waals surface area (Å²) in [4.78, 5) is 30.4. The van der Waals surface area contributed by atoms with Crippen molar-refractivity contribution in [1.29, 1.82) is 0 Å². The lowest BCUT2D eigenvalue weighted by molar-refractivity contribution is -0.122. The number of carbonyl (C=O) groups excluding carboxylic acids is 2. The molecule has 2 amide bonds. The first kappa shape index (κ1) is 20.0. The molecule has 0 aliphatic rings. The summed E-state index contributed by atoms with van der Waals surface area (Å²) in [5.41, 5.74) is 0.901. The number of benzene rings is 1. The quantitative estimate of drug-likeness (QED) is 0.714. The van der Waals surface area contributed by atoms with Gasteiger partial charge in [-0.1, -0.05) is 30.3 Å². The SMILES string of the molecule is CCNC(=O)[C@H](C)NC(=O)OCc1ccccc1.C[P+](=O)O. The third-order valence-electron chi connectivity index (χ3n) is 2.29. The van der Waals surface area contributed by atoms with Gasteiger partial charge in [-0.15, -0.1) is 0 Å². The highest BCUT2D eigenvalue weighted by Crippen LogP contribution is 2.00. The van der Waals surface area contributed by atoms with E-state index in [4.69, 9.17) is 14.2 Å². The molecule has 122 valence electrons. The zero-order valence-corrected chi connectivity index (χ0v) is 13.8. The summed E-state index contributed by atoms with van der Waals surface area (Å²) in [5.74, 6) is -0.228. The largest absolute Gasteiger partial charge is 0.502 e. The van der Waals surface area contributed by atoms with Gasteiger partial charge in [0, 0.05) is 6.54 Å². The van der Waals surface area contributed by atoms with Crippen LogP contribution in [0.2, 0.25) is 0 Å². The molecule has 0 aromatic heterocycles. The monoisotopic (exact) mass is 329 g/mol. The zero-order valence-electron chi connectivity index (χ0n) is 12.9. The van der Waals surface area contributed by atoms with Crippen molar-refractivity contribution < 1.29 is 23.8 Å². The van der Waals surface area contributed by atoms with Crippen molar-refractivity contribution in [1.82, 2.24) is 10.6 Å². The second-order valence-corrected chi connectivity index (χ2v) is 5.22. The van der Waals surface area contributed by atoms with E-state index < -0.39 is 20.2 Å². The van der Waals surface area contributed by atoms with E-state index in [-0.39, 0.29) is 12.5 Å². The number of rotatable bonds is 5. The zero-order chi connectivity index (χ0) is 17.0. The van der Waals surface area contributed by atoms with Crippen LogP contribution >= 0.6 is 8.03 Å². The Labute approximate surface area is 130 Å². The maximum atomic E-state index is 11.4. The number of nitrogens with one attached hydrogen (secondary N) is 2. The van der Waals surface area contributed by atoms with E-state index in [9.17, 15) is 9.59 Å². The Hall–Kier alpha value is -1.98. The van der Waals surface area contributed by atoms with Crippen LogP contribution in [0.5, 0.6) is 0 Å². The Bertz CT molecular complexity index is 477. The third-order valence-corrected chi connectivity index (χ3v) is 2.29. The number of carbonyl (C=O) groups is 2. The lowest BCUT2D eigenvalue weighted by Crippen LogP contribution is -2.44. The maximum absolute atomic E-state index is 11.4. The Kier molecular flexibility index (Phi) is 10.6. The van der Waals surface area contributed by atoms with Crippen LogP contribution in [0.25, 0.3) is 0 Å².